The van der Waals surface area contributed by atoms with Crippen molar-refractivity contribution in [3.05, 3.63) is 51.2 Å². The maximum atomic E-state index is 12.2. The molecule has 26 heavy (non-hydrogen) atoms. The maximum Gasteiger partial charge on any atom is 0.315 e. The third kappa shape index (κ3) is 4.54. The summed E-state index contributed by atoms with van der Waals surface area (Å²) in [5.41, 5.74) is 8.75. The van der Waals surface area contributed by atoms with Crippen LogP contribution < -0.4 is 16.4 Å². The lowest BCUT2D eigenvalue weighted by Gasteiger charge is -2.17. The topological polar surface area (TPSA) is 104 Å². The van der Waals surface area contributed by atoms with Gasteiger partial charge in [-0.25, -0.2) is 4.79 Å². The van der Waals surface area contributed by atoms with Crippen molar-refractivity contribution in [2.24, 2.45) is 5.73 Å². The van der Waals surface area contributed by atoms with Crippen LogP contribution in [0, 0.1) is 0 Å². The molecule has 5 N–H and O–H groups in total. The molecule has 3 rings (SSSR count). The number of amides is 3. The third-order valence-corrected chi connectivity index (χ3v) is 5.75. The first-order chi connectivity index (χ1) is 12.5. The fourth-order valence-electron chi connectivity index (χ4n) is 3.18. The lowest BCUT2D eigenvalue weighted by molar-refractivity contribution is -0.119. The number of phenols is 1. The number of aryl methyl sites for hydroxylation is 1. The smallest absolute Gasteiger partial charge is 0.315 e. The summed E-state index contributed by atoms with van der Waals surface area (Å²) in [5, 5.41) is 16.9. The molecule has 2 aromatic rings. The first-order valence-electron chi connectivity index (χ1n) is 8.72. The van der Waals surface area contributed by atoms with Crippen molar-refractivity contribution in [1.29, 1.82) is 0 Å². The van der Waals surface area contributed by atoms with Gasteiger partial charge < -0.3 is 21.5 Å². The second-order valence-electron chi connectivity index (χ2n) is 6.52. The monoisotopic (exact) mass is 373 g/mol. The van der Waals surface area contributed by atoms with Gasteiger partial charge in [0.25, 0.3) is 0 Å². The van der Waals surface area contributed by atoms with Crippen molar-refractivity contribution in [3.63, 3.8) is 0 Å². The highest BCUT2D eigenvalue weighted by molar-refractivity contribution is 7.10. The van der Waals surface area contributed by atoms with Gasteiger partial charge in [-0.15, -0.1) is 11.3 Å². The van der Waals surface area contributed by atoms with E-state index in [0.29, 0.717) is 6.54 Å². The Morgan fingerprint density at radius 3 is 2.65 bits per heavy atom. The Morgan fingerprint density at radius 1 is 1.19 bits per heavy atom. The largest absolute Gasteiger partial charge is 0.508 e. The molecular weight excluding hydrogens is 350 g/mol. The quantitative estimate of drug-likeness (QED) is 0.624. The van der Waals surface area contributed by atoms with Crippen LogP contribution in [0.15, 0.2) is 29.6 Å². The predicted molar refractivity (Wildman–Crippen MR) is 101 cm³/mol. The normalized spacial score (nSPS) is 14.3. The average Bonchev–Trinajstić information content (AvgIpc) is 3.04. The zero-order chi connectivity index (χ0) is 18.5. The van der Waals surface area contributed by atoms with Crippen LogP contribution in [0.2, 0.25) is 0 Å². The Bertz CT molecular complexity index is 786. The summed E-state index contributed by atoms with van der Waals surface area (Å²) in [7, 11) is 0. The highest BCUT2D eigenvalue weighted by atomic mass is 32.1. The molecule has 0 fully saturated rings. The number of urea groups is 1. The molecule has 1 aliphatic rings. The molecule has 0 radical (unpaired) electrons. The van der Waals surface area contributed by atoms with Crippen molar-refractivity contribution < 1.29 is 14.7 Å². The van der Waals surface area contributed by atoms with E-state index in [4.69, 9.17) is 5.73 Å². The van der Waals surface area contributed by atoms with Gasteiger partial charge in [-0.05, 0) is 59.9 Å². The second kappa shape index (κ2) is 8.23. The van der Waals surface area contributed by atoms with E-state index in [2.05, 4.69) is 16.0 Å². The number of aromatic hydroxyl groups is 1. The molecular formula is C19H23N3O3S. The standard InChI is InChI=1S/C19H23N3O3S/c20-18(24)16(9-12-5-7-14(23)8-6-12)22-19(25)21-10-13-11-26-17-4-2-1-3-15(13)17/h5-8,11,16,23H,1-4,9-10H2,(H2,20,24)(H2,21,22,25)/t16-/m0/s1. The number of rotatable bonds is 6. The van der Waals surface area contributed by atoms with E-state index < -0.39 is 18.0 Å². The summed E-state index contributed by atoms with van der Waals surface area (Å²) in [5.74, 6) is -0.449. The van der Waals surface area contributed by atoms with E-state index in [1.165, 1.54) is 35.4 Å². The van der Waals surface area contributed by atoms with Gasteiger partial charge in [0, 0.05) is 17.8 Å². The Labute approximate surface area is 156 Å². The van der Waals surface area contributed by atoms with Crippen LogP contribution in [0.4, 0.5) is 4.79 Å². The number of hydrogen-bond donors (Lipinski definition) is 4. The summed E-state index contributed by atoms with van der Waals surface area (Å²) in [6.45, 7) is 0.447. The van der Waals surface area contributed by atoms with Gasteiger partial charge >= 0.3 is 6.03 Å². The maximum absolute atomic E-state index is 12.2. The summed E-state index contributed by atoms with van der Waals surface area (Å²) in [6.07, 6.45) is 4.90. The van der Waals surface area contributed by atoms with Crippen molar-refractivity contribution in [3.8, 4) is 5.75 Å². The third-order valence-electron chi connectivity index (χ3n) is 4.61. The van der Waals surface area contributed by atoms with Gasteiger partial charge in [-0.3, -0.25) is 4.79 Å². The Hall–Kier alpha value is -2.54. The fourth-order valence-corrected chi connectivity index (χ4v) is 4.33. The first-order valence-corrected chi connectivity index (χ1v) is 9.60. The van der Waals surface area contributed by atoms with E-state index in [-0.39, 0.29) is 12.2 Å². The first kappa shape index (κ1) is 18.3. The molecule has 0 bridgehead atoms. The summed E-state index contributed by atoms with van der Waals surface area (Å²) in [4.78, 5) is 25.3. The van der Waals surface area contributed by atoms with Gasteiger partial charge in [-0.2, -0.15) is 0 Å². The fraction of sp³-hybridized carbons (Fsp3) is 0.368. The summed E-state index contributed by atoms with van der Waals surface area (Å²) < 4.78 is 0. The van der Waals surface area contributed by atoms with Crippen LogP contribution in [0.25, 0.3) is 0 Å². The molecule has 3 amide bonds. The minimum Gasteiger partial charge on any atom is -0.508 e. The molecule has 1 aromatic heterocycles. The van der Waals surface area contributed by atoms with Gasteiger partial charge in [0.05, 0.1) is 0 Å². The highest BCUT2D eigenvalue weighted by Crippen LogP contribution is 2.30. The van der Waals surface area contributed by atoms with Crippen LogP contribution in [-0.2, 0) is 30.6 Å². The van der Waals surface area contributed by atoms with Crippen molar-refractivity contribution in [1.82, 2.24) is 10.6 Å². The number of carbonyl (C=O) groups is 2. The van der Waals surface area contributed by atoms with Crippen LogP contribution in [-0.4, -0.2) is 23.1 Å². The highest BCUT2D eigenvalue weighted by Gasteiger charge is 2.20. The van der Waals surface area contributed by atoms with Crippen molar-refractivity contribution in [2.45, 2.75) is 44.7 Å². The number of benzene rings is 1. The minimum absolute atomic E-state index is 0.147. The zero-order valence-corrected chi connectivity index (χ0v) is 15.3. The molecule has 138 valence electrons. The van der Waals surface area contributed by atoms with E-state index >= 15 is 0 Å². The number of primary amides is 1. The number of carbonyl (C=O) groups excluding carboxylic acids is 2. The molecule has 1 atom stereocenters. The van der Waals surface area contributed by atoms with Gasteiger partial charge in [0.1, 0.15) is 11.8 Å². The Kier molecular flexibility index (Phi) is 5.78. The number of nitrogens with two attached hydrogens (primary N) is 1. The van der Waals surface area contributed by atoms with Gasteiger partial charge in [0.15, 0.2) is 0 Å². The van der Waals surface area contributed by atoms with Gasteiger partial charge in [0.2, 0.25) is 5.91 Å². The number of thiophene rings is 1. The molecule has 7 heteroatoms. The van der Waals surface area contributed by atoms with Crippen molar-refractivity contribution >= 4 is 23.3 Å². The Balaban J connectivity index is 1.55. The van der Waals surface area contributed by atoms with E-state index in [0.717, 1.165) is 24.0 Å². The van der Waals surface area contributed by atoms with Crippen LogP contribution >= 0.6 is 11.3 Å². The number of nitrogens with one attached hydrogen (secondary N) is 2. The second-order valence-corrected chi connectivity index (χ2v) is 7.49. The molecule has 1 aliphatic carbocycles. The van der Waals surface area contributed by atoms with E-state index in [1.807, 2.05) is 0 Å². The molecule has 0 saturated carbocycles. The SMILES string of the molecule is NC(=O)[C@H](Cc1ccc(O)cc1)NC(=O)NCc1csc2c1CCCC2. The molecule has 0 unspecified atom stereocenters. The molecule has 1 heterocycles. The van der Waals surface area contributed by atoms with Crippen LogP contribution in [0.5, 0.6) is 5.75 Å². The summed E-state index contributed by atoms with van der Waals surface area (Å²) >= 11 is 1.76. The van der Waals surface area contributed by atoms with Crippen LogP contribution in [0.3, 0.4) is 0 Å². The van der Waals surface area contributed by atoms with E-state index in [9.17, 15) is 14.7 Å². The Morgan fingerprint density at radius 2 is 1.92 bits per heavy atom. The average molecular weight is 373 g/mol. The zero-order valence-electron chi connectivity index (χ0n) is 14.5. The lowest BCUT2D eigenvalue weighted by atomic mass is 9.96. The molecule has 0 saturated heterocycles. The molecule has 0 spiro atoms. The lowest BCUT2D eigenvalue weighted by Crippen LogP contribution is -2.49. The predicted octanol–water partition coefficient (Wildman–Crippen LogP) is 2.23. The van der Waals surface area contributed by atoms with Gasteiger partial charge in [-0.1, -0.05) is 12.1 Å². The van der Waals surface area contributed by atoms with Crippen LogP contribution in [0.1, 0.15) is 34.4 Å². The molecule has 0 aliphatic heterocycles. The van der Waals surface area contributed by atoms with Crippen molar-refractivity contribution in [2.75, 3.05) is 0 Å². The number of hydrogen-bond acceptors (Lipinski definition) is 4. The summed E-state index contributed by atoms with van der Waals surface area (Å²) in [6, 6.07) is 5.24. The minimum atomic E-state index is -0.809. The molecule has 6 nitrogen and oxygen atoms in total. The molecule has 1 aromatic carbocycles. The van der Waals surface area contributed by atoms with E-state index in [1.54, 1.807) is 23.5 Å². The number of fused-ring (bicyclic) bond motifs is 1. The number of phenolic OH excluding ortho intramolecular Hbond substituents is 1.